The summed E-state index contributed by atoms with van der Waals surface area (Å²) in [6.45, 7) is 1.31. The average Bonchev–Trinajstić information content (AvgIpc) is 3.04. The van der Waals surface area contributed by atoms with Crippen LogP contribution in [-0.4, -0.2) is 17.1 Å². The van der Waals surface area contributed by atoms with Gasteiger partial charge in [0.05, 0.1) is 24.8 Å². The summed E-state index contributed by atoms with van der Waals surface area (Å²) in [5, 5.41) is 13.2. The first-order valence-corrected chi connectivity index (χ1v) is 6.97. The molecule has 1 aromatic carbocycles. The van der Waals surface area contributed by atoms with E-state index in [2.05, 4.69) is 5.32 Å². The van der Waals surface area contributed by atoms with E-state index < -0.39 is 17.9 Å². The molecule has 0 saturated carbocycles. The lowest BCUT2D eigenvalue weighted by molar-refractivity contribution is -0.121. The van der Waals surface area contributed by atoms with Gasteiger partial charge in [0.1, 0.15) is 5.76 Å². The number of amides is 1. The normalized spacial score (nSPS) is 20.4. The average molecular weight is 286 g/mol. The van der Waals surface area contributed by atoms with Gasteiger partial charge in [0, 0.05) is 6.54 Å². The van der Waals surface area contributed by atoms with E-state index in [0.717, 1.165) is 22.5 Å². The van der Waals surface area contributed by atoms with Gasteiger partial charge >= 0.3 is 0 Å². The second kappa shape index (κ2) is 5.71. The minimum atomic E-state index is -0.705. The number of fused-ring (bicyclic) bond motifs is 1. The third kappa shape index (κ3) is 2.84. The second-order valence-corrected chi connectivity index (χ2v) is 5.37. The van der Waals surface area contributed by atoms with Gasteiger partial charge in [-0.15, -0.1) is 0 Å². The molecule has 0 bridgehead atoms. The van der Waals surface area contributed by atoms with E-state index in [4.69, 9.17) is 10.2 Å². The SMILES string of the molecule is NC(=O)[C@@H]1c2cc(CNCc3ccco3)ccc2C[C@H]1O. The molecule has 4 N–H and O–H groups in total. The second-order valence-electron chi connectivity index (χ2n) is 5.37. The van der Waals surface area contributed by atoms with E-state index in [-0.39, 0.29) is 0 Å². The van der Waals surface area contributed by atoms with Gasteiger partial charge in [-0.2, -0.15) is 0 Å². The van der Waals surface area contributed by atoms with Gasteiger partial charge in [0.25, 0.3) is 0 Å². The Labute approximate surface area is 122 Å². The molecule has 2 atom stereocenters. The summed E-state index contributed by atoms with van der Waals surface area (Å²) in [4.78, 5) is 11.5. The minimum Gasteiger partial charge on any atom is -0.468 e. The van der Waals surface area contributed by atoms with Gasteiger partial charge in [0.15, 0.2) is 0 Å². The Morgan fingerprint density at radius 3 is 2.95 bits per heavy atom. The number of hydrogen-bond donors (Lipinski definition) is 3. The van der Waals surface area contributed by atoms with Gasteiger partial charge in [-0.3, -0.25) is 4.79 Å². The first-order valence-electron chi connectivity index (χ1n) is 6.97. The van der Waals surface area contributed by atoms with Gasteiger partial charge in [-0.25, -0.2) is 0 Å². The van der Waals surface area contributed by atoms with Crippen molar-refractivity contribution in [3.8, 4) is 0 Å². The Morgan fingerprint density at radius 2 is 2.24 bits per heavy atom. The van der Waals surface area contributed by atoms with Crippen LogP contribution in [0.1, 0.15) is 28.4 Å². The third-order valence-corrected chi connectivity index (χ3v) is 3.87. The summed E-state index contributed by atoms with van der Waals surface area (Å²) >= 11 is 0. The maximum atomic E-state index is 11.5. The molecular weight excluding hydrogens is 268 g/mol. The Kier molecular flexibility index (Phi) is 3.77. The van der Waals surface area contributed by atoms with Crippen molar-refractivity contribution in [1.82, 2.24) is 5.32 Å². The highest BCUT2D eigenvalue weighted by Gasteiger charge is 2.35. The third-order valence-electron chi connectivity index (χ3n) is 3.87. The number of nitrogens with one attached hydrogen (secondary N) is 1. The Morgan fingerprint density at radius 1 is 1.38 bits per heavy atom. The number of hydrogen-bond acceptors (Lipinski definition) is 4. The summed E-state index contributed by atoms with van der Waals surface area (Å²) in [6, 6.07) is 9.69. The highest BCUT2D eigenvalue weighted by molar-refractivity contribution is 5.84. The molecule has 0 spiro atoms. The molecular formula is C16H18N2O3. The van der Waals surface area contributed by atoms with Crippen LogP contribution in [0.2, 0.25) is 0 Å². The number of aliphatic hydroxyl groups is 1. The molecule has 0 radical (unpaired) electrons. The molecule has 1 aliphatic rings. The Bertz CT molecular complexity index is 637. The van der Waals surface area contributed by atoms with Crippen LogP contribution in [0.3, 0.4) is 0 Å². The van der Waals surface area contributed by atoms with Crippen LogP contribution in [0, 0.1) is 0 Å². The smallest absolute Gasteiger partial charge is 0.227 e. The molecule has 0 fully saturated rings. The molecule has 0 aliphatic heterocycles. The molecule has 5 nitrogen and oxygen atoms in total. The molecule has 0 unspecified atom stereocenters. The van der Waals surface area contributed by atoms with Crippen molar-refractivity contribution in [1.29, 1.82) is 0 Å². The van der Waals surface area contributed by atoms with E-state index in [1.54, 1.807) is 6.26 Å². The van der Waals surface area contributed by atoms with Crippen molar-refractivity contribution in [3.05, 3.63) is 59.0 Å². The Balaban J connectivity index is 1.69. The lowest BCUT2D eigenvalue weighted by atomic mass is 9.97. The molecule has 2 aromatic rings. The maximum Gasteiger partial charge on any atom is 0.227 e. The zero-order valence-corrected chi connectivity index (χ0v) is 11.6. The highest BCUT2D eigenvalue weighted by Crippen LogP contribution is 2.33. The number of aliphatic hydroxyl groups excluding tert-OH is 1. The first kappa shape index (κ1) is 13.9. The maximum absolute atomic E-state index is 11.5. The van der Waals surface area contributed by atoms with E-state index in [1.807, 2.05) is 30.3 Å². The van der Waals surface area contributed by atoms with Crippen molar-refractivity contribution < 1.29 is 14.3 Å². The van der Waals surface area contributed by atoms with Crippen LogP contribution in [0.25, 0.3) is 0 Å². The van der Waals surface area contributed by atoms with Crippen LogP contribution in [0.5, 0.6) is 0 Å². The molecule has 3 rings (SSSR count). The fourth-order valence-electron chi connectivity index (χ4n) is 2.87. The van der Waals surface area contributed by atoms with Crippen LogP contribution in [0.15, 0.2) is 41.0 Å². The van der Waals surface area contributed by atoms with Crippen molar-refractivity contribution in [3.63, 3.8) is 0 Å². The number of carbonyl (C=O) groups is 1. The van der Waals surface area contributed by atoms with Gasteiger partial charge < -0.3 is 20.6 Å². The lowest BCUT2D eigenvalue weighted by Gasteiger charge is -2.12. The summed E-state index contributed by atoms with van der Waals surface area (Å²) in [5.41, 5.74) is 8.30. The highest BCUT2D eigenvalue weighted by atomic mass is 16.3. The fourth-order valence-corrected chi connectivity index (χ4v) is 2.87. The Hall–Kier alpha value is -2.11. The van der Waals surface area contributed by atoms with E-state index >= 15 is 0 Å². The first-order chi connectivity index (χ1) is 10.1. The van der Waals surface area contributed by atoms with E-state index in [0.29, 0.717) is 19.5 Å². The lowest BCUT2D eigenvalue weighted by Crippen LogP contribution is -2.28. The van der Waals surface area contributed by atoms with Gasteiger partial charge in [0.2, 0.25) is 5.91 Å². The van der Waals surface area contributed by atoms with E-state index in [9.17, 15) is 9.90 Å². The minimum absolute atomic E-state index is 0.470. The fraction of sp³-hybridized carbons (Fsp3) is 0.312. The summed E-state index contributed by atoms with van der Waals surface area (Å²) in [5.74, 6) is -0.187. The topological polar surface area (TPSA) is 88.5 Å². The van der Waals surface area contributed by atoms with Crippen LogP contribution >= 0.6 is 0 Å². The number of furan rings is 1. The predicted molar refractivity (Wildman–Crippen MR) is 77.3 cm³/mol. The van der Waals surface area contributed by atoms with Gasteiger partial charge in [-0.1, -0.05) is 18.2 Å². The summed E-state index contributed by atoms with van der Waals surface area (Å²) in [6.07, 6.45) is 1.43. The van der Waals surface area contributed by atoms with Crippen molar-refractivity contribution in [2.45, 2.75) is 31.5 Å². The molecule has 0 saturated heterocycles. The predicted octanol–water partition coefficient (Wildman–Crippen LogP) is 1.06. The van der Waals surface area contributed by atoms with Crippen molar-refractivity contribution in [2.24, 2.45) is 5.73 Å². The molecule has 1 aliphatic carbocycles. The standard InChI is InChI=1S/C16H18N2O3/c17-16(20)15-13-6-10(3-4-11(13)7-14(15)19)8-18-9-12-2-1-5-21-12/h1-6,14-15,18-19H,7-9H2,(H2,17,20)/t14-,15-/m1/s1. The number of nitrogens with two attached hydrogens (primary N) is 1. The van der Waals surface area contributed by atoms with Gasteiger partial charge in [-0.05, 0) is 35.2 Å². The monoisotopic (exact) mass is 286 g/mol. The van der Waals surface area contributed by atoms with Crippen LogP contribution in [-0.2, 0) is 24.3 Å². The molecule has 1 aromatic heterocycles. The molecule has 5 heteroatoms. The number of rotatable bonds is 5. The number of primary amides is 1. The number of benzene rings is 1. The van der Waals surface area contributed by atoms with Crippen LogP contribution < -0.4 is 11.1 Å². The summed E-state index contributed by atoms with van der Waals surface area (Å²) < 4.78 is 5.25. The van der Waals surface area contributed by atoms with Crippen LogP contribution in [0.4, 0.5) is 0 Å². The molecule has 21 heavy (non-hydrogen) atoms. The zero-order valence-electron chi connectivity index (χ0n) is 11.6. The zero-order chi connectivity index (χ0) is 14.8. The number of carbonyl (C=O) groups excluding carboxylic acids is 1. The molecule has 1 heterocycles. The largest absolute Gasteiger partial charge is 0.468 e. The van der Waals surface area contributed by atoms with Crippen molar-refractivity contribution >= 4 is 5.91 Å². The quantitative estimate of drug-likeness (QED) is 0.766. The molecule has 1 amide bonds. The summed E-state index contributed by atoms with van der Waals surface area (Å²) in [7, 11) is 0. The van der Waals surface area contributed by atoms with Crippen molar-refractivity contribution in [2.75, 3.05) is 0 Å². The molecule has 110 valence electrons. The van der Waals surface area contributed by atoms with E-state index in [1.165, 1.54) is 0 Å².